The van der Waals surface area contributed by atoms with E-state index in [-0.39, 0.29) is 17.2 Å². The average molecular weight is 348 g/mol. The van der Waals surface area contributed by atoms with E-state index in [1.54, 1.807) is 0 Å². The molecule has 1 fully saturated rings. The number of halogens is 2. The number of aryl methyl sites for hydroxylation is 1. The third-order valence-electron chi connectivity index (χ3n) is 4.32. The van der Waals surface area contributed by atoms with Crippen molar-refractivity contribution in [3.05, 3.63) is 41.9 Å². The molecule has 0 spiro atoms. The van der Waals surface area contributed by atoms with Crippen LogP contribution in [0.3, 0.4) is 0 Å². The van der Waals surface area contributed by atoms with Crippen LogP contribution in [0, 0.1) is 17.6 Å². The van der Waals surface area contributed by atoms with Crippen molar-refractivity contribution in [1.82, 2.24) is 9.88 Å². The van der Waals surface area contributed by atoms with Gasteiger partial charge in [0.05, 0.1) is 11.8 Å². The zero-order valence-electron chi connectivity index (χ0n) is 14.3. The number of hydrogen-bond donors (Lipinski definition) is 0. The van der Waals surface area contributed by atoms with E-state index >= 15 is 0 Å². The number of hydrogen-bond acceptors (Lipinski definition) is 3. The average Bonchev–Trinajstić information content (AvgIpc) is 3.28. The molecule has 0 N–H and O–H groups in total. The molecule has 0 unspecified atom stereocenters. The second-order valence-electron chi connectivity index (χ2n) is 6.53. The number of aromatic nitrogens is 1. The van der Waals surface area contributed by atoms with Crippen LogP contribution in [0.4, 0.5) is 8.78 Å². The Balaban J connectivity index is 1.59. The van der Waals surface area contributed by atoms with Crippen molar-refractivity contribution in [3.8, 4) is 11.3 Å². The largest absolute Gasteiger partial charge is 0.441 e. The van der Waals surface area contributed by atoms with Gasteiger partial charge in [0, 0.05) is 32.0 Å². The van der Waals surface area contributed by atoms with Crippen LogP contribution in [-0.4, -0.2) is 28.9 Å². The van der Waals surface area contributed by atoms with Crippen LogP contribution in [0.1, 0.15) is 38.5 Å². The predicted octanol–water partition coefficient (Wildman–Crippen LogP) is 4.20. The molecule has 0 radical (unpaired) electrons. The van der Waals surface area contributed by atoms with Crippen LogP contribution in [0.5, 0.6) is 0 Å². The molecule has 134 valence electrons. The van der Waals surface area contributed by atoms with E-state index in [0.717, 1.165) is 25.6 Å². The molecule has 1 aromatic carbocycles. The lowest BCUT2D eigenvalue weighted by Crippen LogP contribution is -2.33. The molecule has 1 aliphatic rings. The zero-order valence-corrected chi connectivity index (χ0v) is 14.3. The van der Waals surface area contributed by atoms with Gasteiger partial charge in [-0.15, -0.1) is 0 Å². The van der Waals surface area contributed by atoms with Crippen molar-refractivity contribution in [2.75, 3.05) is 13.1 Å². The SMILES string of the molecule is CCCN(CC1CC1)C(=O)CCc1ncc(-c2ccc(F)cc2F)o1. The number of benzene rings is 1. The van der Waals surface area contributed by atoms with E-state index in [1.807, 2.05) is 4.90 Å². The van der Waals surface area contributed by atoms with Crippen LogP contribution < -0.4 is 0 Å². The number of nitrogens with zero attached hydrogens (tertiary/aromatic N) is 2. The molecule has 0 atom stereocenters. The van der Waals surface area contributed by atoms with Gasteiger partial charge in [0.15, 0.2) is 11.7 Å². The molecule has 0 aliphatic heterocycles. The summed E-state index contributed by atoms with van der Waals surface area (Å²) in [5.74, 6) is 0.0423. The van der Waals surface area contributed by atoms with Gasteiger partial charge in [0.1, 0.15) is 11.6 Å². The molecule has 6 heteroatoms. The summed E-state index contributed by atoms with van der Waals surface area (Å²) in [5.41, 5.74) is 0.160. The van der Waals surface area contributed by atoms with Crippen molar-refractivity contribution in [2.24, 2.45) is 5.92 Å². The Hall–Kier alpha value is -2.24. The van der Waals surface area contributed by atoms with Crippen molar-refractivity contribution in [2.45, 2.75) is 39.0 Å². The normalized spacial score (nSPS) is 13.9. The fourth-order valence-electron chi connectivity index (χ4n) is 2.81. The van der Waals surface area contributed by atoms with Gasteiger partial charge in [-0.3, -0.25) is 4.79 Å². The fraction of sp³-hybridized carbons (Fsp3) is 0.474. The van der Waals surface area contributed by atoms with Crippen LogP contribution in [0.15, 0.2) is 28.8 Å². The van der Waals surface area contributed by atoms with Crippen LogP contribution in [0.25, 0.3) is 11.3 Å². The van der Waals surface area contributed by atoms with Crippen molar-refractivity contribution in [3.63, 3.8) is 0 Å². The summed E-state index contributed by atoms with van der Waals surface area (Å²) in [6.45, 7) is 3.67. The van der Waals surface area contributed by atoms with Crippen LogP contribution in [0.2, 0.25) is 0 Å². The Morgan fingerprint density at radius 2 is 2.16 bits per heavy atom. The summed E-state index contributed by atoms with van der Waals surface area (Å²) >= 11 is 0. The number of oxazole rings is 1. The van der Waals surface area contributed by atoms with Gasteiger partial charge < -0.3 is 9.32 Å². The van der Waals surface area contributed by atoms with E-state index in [4.69, 9.17) is 4.42 Å². The molecular weight excluding hydrogens is 326 g/mol. The lowest BCUT2D eigenvalue weighted by Gasteiger charge is -2.21. The van der Waals surface area contributed by atoms with Crippen molar-refractivity contribution >= 4 is 5.91 Å². The smallest absolute Gasteiger partial charge is 0.223 e. The topological polar surface area (TPSA) is 46.3 Å². The maximum absolute atomic E-state index is 13.8. The molecule has 3 rings (SSSR count). The molecule has 1 saturated carbocycles. The summed E-state index contributed by atoms with van der Waals surface area (Å²) in [6, 6.07) is 3.30. The minimum absolute atomic E-state index is 0.0986. The summed E-state index contributed by atoms with van der Waals surface area (Å²) in [5, 5.41) is 0. The minimum Gasteiger partial charge on any atom is -0.441 e. The molecule has 1 amide bonds. The molecule has 4 nitrogen and oxygen atoms in total. The molecular formula is C19H22F2N2O2. The Kier molecular flexibility index (Phi) is 5.46. The third kappa shape index (κ3) is 4.65. The summed E-state index contributed by atoms with van der Waals surface area (Å²) in [6.07, 6.45) is 5.44. The van der Waals surface area contributed by atoms with E-state index in [1.165, 1.54) is 31.2 Å². The highest BCUT2D eigenvalue weighted by atomic mass is 19.1. The van der Waals surface area contributed by atoms with Gasteiger partial charge in [0.2, 0.25) is 5.91 Å². The number of rotatable bonds is 8. The second kappa shape index (κ2) is 7.76. The Morgan fingerprint density at radius 3 is 2.84 bits per heavy atom. The Morgan fingerprint density at radius 1 is 1.36 bits per heavy atom. The van der Waals surface area contributed by atoms with Gasteiger partial charge in [0.25, 0.3) is 0 Å². The summed E-state index contributed by atoms with van der Waals surface area (Å²) in [4.78, 5) is 18.4. The first-order valence-electron chi connectivity index (χ1n) is 8.74. The van der Waals surface area contributed by atoms with E-state index in [0.29, 0.717) is 24.7 Å². The maximum atomic E-state index is 13.8. The molecule has 25 heavy (non-hydrogen) atoms. The summed E-state index contributed by atoms with van der Waals surface area (Å²) < 4.78 is 32.3. The maximum Gasteiger partial charge on any atom is 0.223 e. The molecule has 0 saturated heterocycles. The first kappa shape index (κ1) is 17.6. The molecule has 1 aliphatic carbocycles. The Bertz CT molecular complexity index is 741. The lowest BCUT2D eigenvalue weighted by molar-refractivity contribution is -0.131. The monoisotopic (exact) mass is 348 g/mol. The first-order chi connectivity index (χ1) is 12.1. The Labute approximate surface area is 145 Å². The van der Waals surface area contributed by atoms with Crippen molar-refractivity contribution in [1.29, 1.82) is 0 Å². The summed E-state index contributed by atoms with van der Waals surface area (Å²) in [7, 11) is 0. The van der Waals surface area contributed by atoms with Gasteiger partial charge >= 0.3 is 0 Å². The first-order valence-corrected chi connectivity index (χ1v) is 8.74. The van der Waals surface area contributed by atoms with Crippen LogP contribution in [-0.2, 0) is 11.2 Å². The van der Waals surface area contributed by atoms with Gasteiger partial charge in [-0.25, -0.2) is 13.8 Å². The quantitative estimate of drug-likeness (QED) is 0.718. The van der Waals surface area contributed by atoms with Crippen LogP contribution >= 0.6 is 0 Å². The van der Waals surface area contributed by atoms with E-state index in [2.05, 4.69) is 11.9 Å². The molecule has 1 heterocycles. The second-order valence-corrected chi connectivity index (χ2v) is 6.53. The van der Waals surface area contributed by atoms with Gasteiger partial charge in [-0.1, -0.05) is 6.92 Å². The molecule has 1 aromatic heterocycles. The molecule has 0 bridgehead atoms. The zero-order chi connectivity index (χ0) is 17.8. The lowest BCUT2D eigenvalue weighted by atomic mass is 10.2. The van der Waals surface area contributed by atoms with E-state index < -0.39 is 11.6 Å². The van der Waals surface area contributed by atoms with Crippen molar-refractivity contribution < 1.29 is 18.0 Å². The minimum atomic E-state index is -0.697. The third-order valence-corrected chi connectivity index (χ3v) is 4.32. The molecule has 2 aromatic rings. The number of carbonyl (C=O) groups excluding carboxylic acids is 1. The number of carbonyl (C=O) groups is 1. The fourth-order valence-corrected chi connectivity index (χ4v) is 2.81. The highest BCUT2D eigenvalue weighted by Gasteiger charge is 2.26. The van der Waals surface area contributed by atoms with E-state index in [9.17, 15) is 13.6 Å². The van der Waals surface area contributed by atoms with Gasteiger partial charge in [-0.05, 0) is 37.3 Å². The number of amides is 1. The van der Waals surface area contributed by atoms with Gasteiger partial charge in [-0.2, -0.15) is 0 Å². The highest BCUT2D eigenvalue weighted by Crippen LogP contribution is 2.30. The highest BCUT2D eigenvalue weighted by molar-refractivity contribution is 5.76. The standard InChI is InChI=1S/C19H22F2N2O2/c1-2-9-23(12-13-3-4-13)19(24)8-7-18-22-11-17(25-18)15-6-5-14(20)10-16(15)21/h5-6,10-11,13H,2-4,7-9,12H2,1H3. The predicted molar refractivity (Wildman–Crippen MR) is 89.8 cm³/mol.